The van der Waals surface area contributed by atoms with Gasteiger partial charge in [0.1, 0.15) is 0 Å². The molecule has 2 amide bonds. The van der Waals surface area contributed by atoms with Crippen molar-refractivity contribution in [2.75, 3.05) is 20.6 Å². The molecule has 0 saturated heterocycles. The molecule has 2 rings (SSSR count). The van der Waals surface area contributed by atoms with Gasteiger partial charge in [0, 0.05) is 37.6 Å². The summed E-state index contributed by atoms with van der Waals surface area (Å²) in [6, 6.07) is 15.0. The van der Waals surface area contributed by atoms with Crippen LogP contribution in [0.1, 0.15) is 27.9 Å². The number of carbonyl (C=O) groups excluding carboxylic acids is 2. The van der Waals surface area contributed by atoms with E-state index in [0.29, 0.717) is 30.0 Å². The first-order valence-corrected chi connectivity index (χ1v) is 8.65. The molecule has 5 heteroatoms. The van der Waals surface area contributed by atoms with Gasteiger partial charge in [0.15, 0.2) is 0 Å². The van der Waals surface area contributed by atoms with Crippen LogP contribution in [0.15, 0.2) is 48.5 Å². The van der Waals surface area contributed by atoms with E-state index in [1.165, 1.54) is 0 Å². The Morgan fingerprint density at radius 1 is 0.920 bits per heavy atom. The molecule has 1 N–H and O–H groups in total. The second-order valence-electron chi connectivity index (χ2n) is 6.12. The average molecular weight is 359 g/mol. The maximum Gasteiger partial charge on any atom is 0.253 e. The van der Waals surface area contributed by atoms with Crippen molar-refractivity contribution < 1.29 is 9.59 Å². The Labute approximate surface area is 153 Å². The highest BCUT2D eigenvalue weighted by molar-refractivity contribution is 6.30. The second kappa shape index (κ2) is 9.23. The molecular formula is C20H23ClN2O2. The molecule has 2 aromatic rings. The lowest BCUT2D eigenvalue weighted by atomic mass is 10.1. The van der Waals surface area contributed by atoms with Crippen molar-refractivity contribution in [1.82, 2.24) is 10.2 Å². The SMILES string of the molecule is CN(C)C(=O)c1ccc(CCC(=O)NCCc2ccc(Cl)cc2)cc1. The summed E-state index contributed by atoms with van der Waals surface area (Å²) in [4.78, 5) is 25.3. The molecule has 0 radical (unpaired) electrons. The highest BCUT2D eigenvalue weighted by Gasteiger charge is 2.08. The van der Waals surface area contributed by atoms with Crippen LogP contribution in [0, 0.1) is 0 Å². The maximum atomic E-state index is 11.9. The Morgan fingerprint density at radius 3 is 2.08 bits per heavy atom. The Balaban J connectivity index is 1.72. The van der Waals surface area contributed by atoms with Gasteiger partial charge in [0.05, 0.1) is 0 Å². The van der Waals surface area contributed by atoms with Crippen molar-refractivity contribution in [2.24, 2.45) is 0 Å². The zero-order valence-electron chi connectivity index (χ0n) is 14.6. The predicted octanol–water partition coefficient (Wildman–Crippen LogP) is 3.33. The average Bonchev–Trinajstić information content (AvgIpc) is 2.61. The molecule has 132 valence electrons. The first-order valence-electron chi connectivity index (χ1n) is 8.27. The largest absolute Gasteiger partial charge is 0.356 e. The Kier molecular flexibility index (Phi) is 7.02. The third-order valence-electron chi connectivity index (χ3n) is 3.90. The summed E-state index contributed by atoms with van der Waals surface area (Å²) in [5, 5.41) is 3.64. The monoisotopic (exact) mass is 358 g/mol. The van der Waals surface area contributed by atoms with E-state index < -0.39 is 0 Å². The number of carbonyl (C=O) groups is 2. The molecule has 0 aliphatic rings. The van der Waals surface area contributed by atoms with Gasteiger partial charge in [-0.1, -0.05) is 35.9 Å². The molecule has 0 saturated carbocycles. The van der Waals surface area contributed by atoms with Gasteiger partial charge < -0.3 is 10.2 Å². The zero-order chi connectivity index (χ0) is 18.2. The van der Waals surface area contributed by atoms with Crippen molar-refractivity contribution in [3.63, 3.8) is 0 Å². The van der Waals surface area contributed by atoms with Crippen LogP contribution < -0.4 is 5.32 Å². The Hall–Kier alpha value is -2.33. The minimum Gasteiger partial charge on any atom is -0.356 e. The van der Waals surface area contributed by atoms with Crippen LogP contribution in [-0.4, -0.2) is 37.4 Å². The van der Waals surface area contributed by atoms with E-state index >= 15 is 0 Å². The molecular weight excluding hydrogens is 336 g/mol. The van der Waals surface area contributed by atoms with Gasteiger partial charge in [0.2, 0.25) is 5.91 Å². The van der Waals surface area contributed by atoms with Crippen LogP contribution in [0.3, 0.4) is 0 Å². The van der Waals surface area contributed by atoms with Crippen molar-refractivity contribution in [2.45, 2.75) is 19.3 Å². The molecule has 2 aromatic carbocycles. The summed E-state index contributed by atoms with van der Waals surface area (Å²) in [6.07, 6.45) is 1.87. The van der Waals surface area contributed by atoms with Gasteiger partial charge in [-0.25, -0.2) is 0 Å². The lowest BCUT2D eigenvalue weighted by Gasteiger charge is -2.10. The minimum atomic E-state index is -0.0218. The fourth-order valence-electron chi connectivity index (χ4n) is 2.42. The van der Waals surface area contributed by atoms with Gasteiger partial charge >= 0.3 is 0 Å². The molecule has 0 spiro atoms. The third-order valence-corrected chi connectivity index (χ3v) is 4.15. The van der Waals surface area contributed by atoms with E-state index in [2.05, 4.69) is 5.32 Å². The summed E-state index contributed by atoms with van der Waals surface area (Å²) in [7, 11) is 3.45. The standard InChI is InChI=1S/C20H23ClN2O2/c1-23(2)20(25)17-8-3-15(4-9-17)7-12-19(24)22-14-13-16-5-10-18(21)11-6-16/h3-6,8-11H,7,12-14H2,1-2H3,(H,22,24). The van der Waals surface area contributed by atoms with Crippen LogP contribution >= 0.6 is 11.6 Å². The van der Waals surface area contributed by atoms with Crippen molar-refractivity contribution in [3.05, 3.63) is 70.2 Å². The highest BCUT2D eigenvalue weighted by Crippen LogP contribution is 2.10. The summed E-state index contributed by atoms with van der Waals surface area (Å²) >= 11 is 5.85. The number of halogens is 1. The number of nitrogens with zero attached hydrogens (tertiary/aromatic N) is 1. The Bertz CT molecular complexity index is 709. The van der Waals surface area contributed by atoms with Gasteiger partial charge in [0.25, 0.3) is 5.91 Å². The summed E-state index contributed by atoms with van der Waals surface area (Å²) in [5.74, 6) is 0.00824. The molecule has 25 heavy (non-hydrogen) atoms. The minimum absolute atomic E-state index is 0.0218. The molecule has 0 aromatic heterocycles. The first-order chi connectivity index (χ1) is 12.0. The van der Waals surface area contributed by atoms with Crippen molar-refractivity contribution >= 4 is 23.4 Å². The number of amides is 2. The number of hydrogen-bond acceptors (Lipinski definition) is 2. The number of aryl methyl sites for hydroxylation is 1. The lowest BCUT2D eigenvalue weighted by molar-refractivity contribution is -0.121. The molecule has 0 bridgehead atoms. The van der Waals surface area contributed by atoms with Gasteiger partial charge in [-0.2, -0.15) is 0 Å². The van der Waals surface area contributed by atoms with Crippen LogP contribution in [0.5, 0.6) is 0 Å². The van der Waals surface area contributed by atoms with E-state index in [-0.39, 0.29) is 11.8 Å². The quantitative estimate of drug-likeness (QED) is 0.825. The molecule has 0 unspecified atom stereocenters. The van der Waals surface area contributed by atoms with Crippen molar-refractivity contribution in [3.8, 4) is 0 Å². The van der Waals surface area contributed by atoms with Crippen LogP contribution in [-0.2, 0) is 17.6 Å². The smallest absolute Gasteiger partial charge is 0.253 e. The molecule has 0 aliphatic carbocycles. The number of benzene rings is 2. The Morgan fingerprint density at radius 2 is 1.48 bits per heavy atom. The van der Waals surface area contributed by atoms with E-state index in [4.69, 9.17) is 11.6 Å². The van der Waals surface area contributed by atoms with Crippen LogP contribution in [0.2, 0.25) is 5.02 Å². The van der Waals surface area contributed by atoms with Crippen molar-refractivity contribution in [1.29, 1.82) is 0 Å². The van der Waals surface area contributed by atoms with E-state index in [9.17, 15) is 9.59 Å². The van der Waals surface area contributed by atoms with Gasteiger partial charge in [-0.3, -0.25) is 9.59 Å². The fraction of sp³-hybridized carbons (Fsp3) is 0.300. The van der Waals surface area contributed by atoms with E-state index in [1.54, 1.807) is 31.1 Å². The van der Waals surface area contributed by atoms with E-state index in [0.717, 1.165) is 17.5 Å². The highest BCUT2D eigenvalue weighted by atomic mass is 35.5. The van der Waals surface area contributed by atoms with Crippen LogP contribution in [0.4, 0.5) is 0 Å². The third kappa shape index (κ3) is 6.24. The maximum absolute atomic E-state index is 11.9. The molecule has 0 heterocycles. The topological polar surface area (TPSA) is 49.4 Å². The number of hydrogen-bond donors (Lipinski definition) is 1. The van der Waals surface area contributed by atoms with Crippen LogP contribution in [0.25, 0.3) is 0 Å². The van der Waals surface area contributed by atoms with Gasteiger partial charge in [-0.05, 0) is 48.2 Å². The second-order valence-corrected chi connectivity index (χ2v) is 6.56. The number of nitrogens with one attached hydrogen (secondary N) is 1. The first kappa shape index (κ1) is 19.0. The normalized spacial score (nSPS) is 10.4. The lowest BCUT2D eigenvalue weighted by Crippen LogP contribution is -2.25. The number of rotatable bonds is 7. The van der Waals surface area contributed by atoms with E-state index in [1.807, 2.05) is 36.4 Å². The fourth-order valence-corrected chi connectivity index (χ4v) is 2.54. The molecule has 0 atom stereocenters. The molecule has 0 fully saturated rings. The predicted molar refractivity (Wildman–Crippen MR) is 101 cm³/mol. The summed E-state index contributed by atoms with van der Waals surface area (Å²) in [5.41, 5.74) is 2.84. The summed E-state index contributed by atoms with van der Waals surface area (Å²) < 4.78 is 0. The van der Waals surface area contributed by atoms with Gasteiger partial charge in [-0.15, -0.1) is 0 Å². The summed E-state index contributed by atoms with van der Waals surface area (Å²) in [6.45, 7) is 0.608. The molecule has 0 aliphatic heterocycles. The molecule has 4 nitrogen and oxygen atoms in total. The zero-order valence-corrected chi connectivity index (χ0v) is 15.3.